The van der Waals surface area contributed by atoms with Crippen LogP contribution in [0.4, 0.5) is 6.01 Å². The Morgan fingerprint density at radius 2 is 1.81 bits per heavy atom. The number of anilines is 1. The molecule has 2 aromatic carbocycles. The van der Waals surface area contributed by atoms with Crippen LogP contribution in [-0.2, 0) is 6.42 Å². The minimum atomic E-state index is -0.353. The largest absolute Gasteiger partial charge is 0.486 e. The highest BCUT2D eigenvalue weighted by Crippen LogP contribution is 2.31. The predicted molar refractivity (Wildman–Crippen MR) is 98.4 cm³/mol. The summed E-state index contributed by atoms with van der Waals surface area (Å²) in [5.41, 5.74) is 3.94. The summed E-state index contributed by atoms with van der Waals surface area (Å²) in [5.74, 6) is 1.27. The zero-order chi connectivity index (χ0) is 18.8. The summed E-state index contributed by atoms with van der Waals surface area (Å²) in [7, 11) is 0. The van der Waals surface area contributed by atoms with Crippen molar-refractivity contribution in [2.75, 3.05) is 18.5 Å². The molecule has 27 heavy (non-hydrogen) atoms. The smallest absolute Gasteiger partial charge is 0.322 e. The summed E-state index contributed by atoms with van der Waals surface area (Å²) in [6, 6.07) is 11.3. The normalized spacial score (nSPS) is 12.7. The Morgan fingerprint density at radius 3 is 2.63 bits per heavy atom. The number of carbonyl (C=O) groups is 1. The summed E-state index contributed by atoms with van der Waals surface area (Å²) in [4.78, 5) is 12.4. The van der Waals surface area contributed by atoms with Gasteiger partial charge in [-0.3, -0.25) is 10.1 Å². The molecule has 0 bridgehead atoms. The quantitative estimate of drug-likeness (QED) is 0.763. The van der Waals surface area contributed by atoms with Crippen molar-refractivity contribution in [2.45, 2.75) is 20.3 Å². The summed E-state index contributed by atoms with van der Waals surface area (Å²) in [5, 5.41) is 10.5. The maximum absolute atomic E-state index is 12.4. The lowest BCUT2D eigenvalue weighted by Crippen LogP contribution is -2.17. The van der Waals surface area contributed by atoms with Crippen molar-refractivity contribution in [3.05, 3.63) is 64.5 Å². The molecule has 1 aliphatic heterocycles. The number of nitrogens with one attached hydrogen (secondary N) is 1. The third-order valence-corrected chi connectivity index (χ3v) is 4.42. The number of carbonyl (C=O) groups excluding carboxylic acids is 1. The molecule has 4 rings (SSSR count). The molecule has 0 radical (unpaired) electrons. The molecule has 138 valence electrons. The van der Waals surface area contributed by atoms with Crippen LogP contribution in [-0.4, -0.2) is 29.3 Å². The molecule has 7 nitrogen and oxygen atoms in total. The van der Waals surface area contributed by atoms with E-state index in [0.717, 1.165) is 5.56 Å². The molecule has 1 N–H and O–H groups in total. The molecule has 0 spiro atoms. The molecule has 2 heterocycles. The molecule has 0 unspecified atom stereocenters. The summed E-state index contributed by atoms with van der Waals surface area (Å²) < 4.78 is 16.5. The van der Waals surface area contributed by atoms with Gasteiger partial charge in [0.25, 0.3) is 5.91 Å². The molecule has 0 saturated heterocycles. The Labute approximate surface area is 156 Å². The van der Waals surface area contributed by atoms with Gasteiger partial charge in [-0.05, 0) is 48.7 Å². The highest BCUT2D eigenvalue weighted by molar-refractivity contribution is 6.03. The number of aromatic nitrogens is 2. The molecule has 0 fully saturated rings. The van der Waals surface area contributed by atoms with Crippen molar-refractivity contribution >= 4 is 11.9 Å². The van der Waals surface area contributed by atoms with Crippen LogP contribution < -0.4 is 14.8 Å². The van der Waals surface area contributed by atoms with Crippen LogP contribution in [0.25, 0.3) is 0 Å². The highest BCUT2D eigenvalue weighted by Gasteiger charge is 2.17. The molecule has 1 aromatic heterocycles. The Bertz CT molecular complexity index is 997. The molecule has 1 amide bonds. The van der Waals surface area contributed by atoms with Crippen molar-refractivity contribution < 1.29 is 18.7 Å². The van der Waals surface area contributed by atoms with Gasteiger partial charge in [0.05, 0.1) is 6.42 Å². The Hall–Kier alpha value is -3.35. The maximum atomic E-state index is 12.4. The standard InChI is InChI=1S/C20H19N3O4/c1-12-3-4-14(9-13(12)2)10-18-22-23-20(27-18)21-19(24)15-5-6-16-17(11-15)26-8-7-25-16/h3-6,9,11H,7-8,10H2,1-2H3,(H,21,23,24). The van der Waals surface area contributed by atoms with Gasteiger partial charge in [-0.2, -0.15) is 0 Å². The van der Waals surface area contributed by atoms with Crippen LogP contribution in [0.15, 0.2) is 40.8 Å². The third kappa shape index (κ3) is 3.76. The lowest BCUT2D eigenvalue weighted by Gasteiger charge is -2.18. The topological polar surface area (TPSA) is 86.5 Å². The van der Waals surface area contributed by atoms with Crippen LogP contribution in [0.1, 0.15) is 32.9 Å². The van der Waals surface area contributed by atoms with E-state index in [1.807, 2.05) is 6.07 Å². The van der Waals surface area contributed by atoms with Crippen molar-refractivity contribution in [2.24, 2.45) is 0 Å². The van der Waals surface area contributed by atoms with E-state index in [2.05, 4.69) is 41.5 Å². The van der Waals surface area contributed by atoms with Crippen molar-refractivity contribution in [3.8, 4) is 11.5 Å². The Kier molecular flexibility index (Phi) is 4.50. The SMILES string of the molecule is Cc1ccc(Cc2nnc(NC(=O)c3ccc4c(c3)OCCO4)o2)cc1C. The number of nitrogens with zero attached hydrogens (tertiary/aromatic N) is 2. The predicted octanol–water partition coefficient (Wildman–Crippen LogP) is 3.30. The third-order valence-electron chi connectivity index (χ3n) is 4.42. The molecular formula is C20H19N3O4. The highest BCUT2D eigenvalue weighted by atomic mass is 16.6. The second-order valence-corrected chi connectivity index (χ2v) is 6.41. The van der Waals surface area contributed by atoms with E-state index in [-0.39, 0.29) is 11.9 Å². The van der Waals surface area contributed by atoms with Gasteiger partial charge in [0.1, 0.15) is 13.2 Å². The van der Waals surface area contributed by atoms with Gasteiger partial charge in [-0.1, -0.05) is 23.3 Å². The molecule has 0 saturated carbocycles. The average Bonchev–Trinajstić information content (AvgIpc) is 3.11. The number of rotatable bonds is 4. The number of ether oxygens (including phenoxy) is 2. The molecule has 1 aliphatic rings. The van der Waals surface area contributed by atoms with Crippen molar-refractivity contribution in [3.63, 3.8) is 0 Å². The summed E-state index contributed by atoms with van der Waals surface area (Å²) in [6.07, 6.45) is 0.508. The fourth-order valence-corrected chi connectivity index (χ4v) is 2.82. The second kappa shape index (κ2) is 7.11. The zero-order valence-electron chi connectivity index (χ0n) is 15.1. The lowest BCUT2D eigenvalue weighted by molar-refractivity contribution is 0.102. The van der Waals surface area contributed by atoms with E-state index in [1.54, 1.807) is 18.2 Å². The Balaban J connectivity index is 1.44. The lowest BCUT2D eigenvalue weighted by atomic mass is 10.0. The second-order valence-electron chi connectivity index (χ2n) is 6.41. The van der Waals surface area contributed by atoms with Gasteiger partial charge < -0.3 is 13.9 Å². The van der Waals surface area contributed by atoms with E-state index in [4.69, 9.17) is 13.9 Å². The summed E-state index contributed by atoms with van der Waals surface area (Å²) >= 11 is 0. The van der Waals surface area contributed by atoms with E-state index in [1.165, 1.54) is 11.1 Å². The first-order valence-electron chi connectivity index (χ1n) is 8.68. The van der Waals surface area contributed by atoms with Crippen molar-refractivity contribution in [1.29, 1.82) is 0 Å². The molecule has 7 heteroatoms. The van der Waals surface area contributed by atoms with E-state index >= 15 is 0 Å². The molecule has 3 aromatic rings. The maximum Gasteiger partial charge on any atom is 0.322 e. The number of aryl methyl sites for hydroxylation is 2. The fraction of sp³-hybridized carbons (Fsp3) is 0.250. The van der Waals surface area contributed by atoms with Gasteiger partial charge in [0, 0.05) is 5.56 Å². The first-order chi connectivity index (χ1) is 13.1. The first-order valence-corrected chi connectivity index (χ1v) is 8.68. The Morgan fingerprint density at radius 1 is 1.00 bits per heavy atom. The first kappa shape index (κ1) is 17.1. The summed E-state index contributed by atoms with van der Waals surface area (Å²) in [6.45, 7) is 5.09. The monoisotopic (exact) mass is 365 g/mol. The van der Waals surface area contributed by atoms with Gasteiger partial charge in [-0.25, -0.2) is 0 Å². The average molecular weight is 365 g/mol. The van der Waals surface area contributed by atoms with Crippen molar-refractivity contribution in [1.82, 2.24) is 10.2 Å². The number of hydrogen-bond acceptors (Lipinski definition) is 6. The molecular weight excluding hydrogens is 346 g/mol. The zero-order valence-corrected chi connectivity index (χ0v) is 15.1. The van der Waals surface area contributed by atoms with Crippen LogP contribution >= 0.6 is 0 Å². The van der Waals surface area contributed by atoms with Gasteiger partial charge in [0.15, 0.2) is 11.5 Å². The van der Waals surface area contributed by atoms with Gasteiger partial charge >= 0.3 is 6.01 Å². The number of amides is 1. The fourth-order valence-electron chi connectivity index (χ4n) is 2.82. The van der Waals surface area contributed by atoms with Gasteiger partial charge in [0.2, 0.25) is 5.89 Å². The molecule has 0 atom stereocenters. The van der Waals surface area contributed by atoms with Crippen LogP contribution in [0.2, 0.25) is 0 Å². The van der Waals surface area contributed by atoms with E-state index in [9.17, 15) is 4.79 Å². The number of hydrogen-bond donors (Lipinski definition) is 1. The van der Waals surface area contributed by atoms with Crippen LogP contribution in [0, 0.1) is 13.8 Å². The number of fused-ring (bicyclic) bond motifs is 1. The minimum absolute atomic E-state index is 0.0636. The number of benzene rings is 2. The minimum Gasteiger partial charge on any atom is -0.486 e. The van der Waals surface area contributed by atoms with Crippen LogP contribution in [0.5, 0.6) is 11.5 Å². The van der Waals surface area contributed by atoms with E-state index in [0.29, 0.717) is 42.6 Å². The van der Waals surface area contributed by atoms with E-state index < -0.39 is 0 Å². The van der Waals surface area contributed by atoms with Crippen LogP contribution in [0.3, 0.4) is 0 Å². The molecule has 0 aliphatic carbocycles. The van der Waals surface area contributed by atoms with Gasteiger partial charge in [-0.15, -0.1) is 5.10 Å².